The molecular weight excluding hydrogens is 240 g/mol. The summed E-state index contributed by atoms with van der Waals surface area (Å²) in [4.78, 5) is 11.7. The van der Waals surface area contributed by atoms with Crippen LogP contribution in [0.2, 0.25) is 5.02 Å². The molecular formula is C12H17ClN2O2. The highest BCUT2D eigenvalue weighted by Gasteiger charge is 2.17. The van der Waals surface area contributed by atoms with Crippen LogP contribution in [-0.2, 0) is 4.79 Å². The van der Waals surface area contributed by atoms with E-state index in [2.05, 4.69) is 5.32 Å². The number of amides is 1. The molecule has 0 unspecified atom stereocenters. The number of nitrogens with one attached hydrogen (secondary N) is 1. The molecule has 1 rings (SSSR count). The first-order chi connectivity index (χ1) is 7.81. The Morgan fingerprint density at radius 1 is 1.53 bits per heavy atom. The van der Waals surface area contributed by atoms with Gasteiger partial charge in [0.25, 0.3) is 0 Å². The van der Waals surface area contributed by atoms with Gasteiger partial charge in [0.1, 0.15) is 5.75 Å². The van der Waals surface area contributed by atoms with Crippen LogP contribution in [0.3, 0.4) is 0 Å². The first kappa shape index (κ1) is 13.8. The smallest absolute Gasteiger partial charge is 0.226 e. The lowest BCUT2D eigenvalue weighted by Crippen LogP contribution is -2.36. The Kier molecular flexibility index (Phi) is 4.37. The number of hydrogen-bond donors (Lipinski definition) is 2. The van der Waals surface area contributed by atoms with Gasteiger partial charge in [0.2, 0.25) is 5.91 Å². The predicted octanol–water partition coefficient (Wildman–Crippen LogP) is 2.41. The topological polar surface area (TPSA) is 64.3 Å². The highest BCUT2D eigenvalue weighted by molar-refractivity contribution is 6.31. The van der Waals surface area contributed by atoms with Crippen molar-refractivity contribution in [3.05, 3.63) is 23.2 Å². The molecule has 3 N–H and O–H groups in total. The summed E-state index contributed by atoms with van der Waals surface area (Å²) in [5.74, 6) is 0.399. The van der Waals surface area contributed by atoms with Crippen molar-refractivity contribution >= 4 is 23.2 Å². The minimum absolute atomic E-state index is 0.168. The molecule has 1 aromatic carbocycles. The second-order valence-corrected chi connectivity index (χ2v) is 4.99. The maximum absolute atomic E-state index is 11.7. The lowest BCUT2D eigenvalue weighted by atomic mass is 10.0. The van der Waals surface area contributed by atoms with Crippen LogP contribution in [0.1, 0.15) is 20.3 Å². The van der Waals surface area contributed by atoms with E-state index in [1.165, 1.54) is 7.11 Å². The number of carbonyl (C=O) groups is 1. The Balaban J connectivity index is 2.80. The number of ether oxygens (including phenoxy) is 1. The Morgan fingerprint density at radius 3 is 2.71 bits per heavy atom. The van der Waals surface area contributed by atoms with E-state index in [0.29, 0.717) is 16.5 Å². The van der Waals surface area contributed by atoms with E-state index in [1.54, 1.807) is 32.0 Å². The summed E-state index contributed by atoms with van der Waals surface area (Å²) >= 11 is 5.86. The maximum atomic E-state index is 11.7. The van der Waals surface area contributed by atoms with E-state index in [9.17, 15) is 4.79 Å². The summed E-state index contributed by atoms with van der Waals surface area (Å²) in [6, 6.07) is 5.04. The first-order valence-corrected chi connectivity index (χ1v) is 5.62. The number of hydrogen-bond acceptors (Lipinski definition) is 3. The molecule has 94 valence electrons. The van der Waals surface area contributed by atoms with Crippen molar-refractivity contribution < 1.29 is 9.53 Å². The first-order valence-electron chi connectivity index (χ1n) is 5.24. The molecule has 0 spiro atoms. The van der Waals surface area contributed by atoms with Crippen LogP contribution >= 0.6 is 11.6 Å². The molecule has 17 heavy (non-hydrogen) atoms. The summed E-state index contributed by atoms with van der Waals surface area (Å²) in [5.41, 5.74) is 5.78. The van der Waals surface area contributed by atoms with Gasteiger partial charge in [-0.1, -0.05) is 11.6 Å². The summed E-state index contributed by atoms with van der Waals surface area (Å²) < 4.78 is 5.13. The fourth-order valence-electron chi connectivity index (χ4n) is 1.39. The number of anilines is 1. The molecule has 0 aliphatic rings. The average Bonchev–Trinajstić information content (AvgIpc) is 2.14. The van der Waals surface area contributed by atoms with E-state index < -0.39 is 5.54 Å². The highest BCUT2D eigenvalue weighted by atomic mass is 35.5. The van der Waals surface area contributed by atoms with Crippen molar-refractivity contribution in [1.29, 1.82) is 0 Å². The molecule has 0 bridgehead atoms. The van der Waals surface area contributed by atoms with Crippen LogP contribution in [0.25, 0.3) is 0 Å². The van der Waals surface area contributed by atoms with Crippen LogP contribution in [0, 0.1) is 0 Å². The van der Waals surface area contributed by atoms with Gasteiger partial charge >= 0.3 is 0 Å². The maximum Gasteiger partial charge on any atom is 0.226 e. The van der Waals surface area contributed by atoms with Crippen LogP contribution in [0.15, 0.2) is 18.2 Å². The van der Waals surface area contributed by atoms with Crippen LogP contribution in [-0.4, -0.2) is 18.6 Å². The number of carbonyl (C=O) groups excluding carboxylic acids is 1. The molecule has 0 heterocycles. The molecule has 0 aliphatic heterocycles. The Morgan fingerprint density at radius 2 is 2.18 bits per heavy atom. The third-order valence-electron chi connectivity index (χ3n) is 2.05. The van der Waals surface area contributed by atoms with Crippen molar-refractivity contribution in [2.75, 3.05) is 12.4 Å². The molecule has 0 saturated carbocycles. The quantitative estimate of drug-likeness (QED) is 0.870. The lowest BCUT2D eigenvalue weighted by Gasteiger charge is -2.18. The fraction of sp³-hybridized carbons (Fsp3) is 0.417. The summed E-state index contributed by atoms with van der Waals surface area (Å²) in [6.07, 6.45) is 0.225. The zero-order valence-electron chi connectivity index (χ0n) is 10.2. The van der Waals surface area contributed by atoms with Gasteiger partial charge in [-0.2, -0.15) is 0 Å². The van der Waals surface area contributed by atoms with Crippen LogP contribution in [0.5, 0.6) is 5.75 Å². The number of nitrogens with two attached hydrogens (primary N) is 1. The van der Waals surface area contributed by atoms with Gasteiger partial charge in [-0.25, -0.2) is 0 Å². The lowest BCUT2D eigenvalue weighted by molar-refractivity contribution is -0.117. The Labute approximate surface area is 106 Å². The van der Waals surface area contributed by atoms with Gasteiger partial charge < -0.3 is 15.8 Å². The molecule has 4 nitrogen and oxygen atoms in total. The van der Waals surface area contributed by atoms with E-state index in [0.717, 1.165) is 0 Å². The average molecular weight is 257 g/mol. The fourth-order valence-corrected chi connectivity index (χ4v) is 1.56. The molecule has 0 radical (unpaired) electrons. The van der Waals surface area contributed by atoms with E-state index in [-0.39, 0.29) is 12.3 Å². The third kappa shape index (κ3) is 4.63. The highest BCUT2D eigenvalue weighted by Crippen LogP contribution is 2.27. The van der Waals surface area contributed by atoms with E-state index in [4.69, 9.17) is 22.1 Å². The second kappa shape index (κ2) is 5.38. The van der Waals surface area contributed by atoms with Gasteiger partial charge in [-0.3, -0.25) is 4.79 Å². The Hall–Kier alpha value is -1.26. The molecule has 0 aliphatic carbocycles. The predicted molar refractivity (Wildman–Crippen MR) is 69.5 cm³/mol. The van der Waals surface area contributed by atoms with Crippen molar-refractivity contribution in [2.45, 2.75) is 25.8 Å². The summed E-state index contributed by atoms with van der Waals surface area (Å²) in [7, 11) is 1.53. The molecule has 1 aromatic rings. The normalized spacial score (nSPS) is 11.1. The van der Waals surface area contributed by atoms with Gasteiger partial charge in [-0.15, -0.1) is 0 Å². The molecule has 0 atom stereocenters. The van der Waals surface area contributed by atoms with Crippen LogP contribution < -0.4 is 15.8 Å². The molecule has 0 aromatic heterocycles. The number of benzene rings is 1. The summed E-state index contributed by atoms with van der Waals surface area (Å²) in [5, 5.41) is 3.27. The van der Waals surface area contributed by atoms with Crippen LogP contribution in [0.4, 0.5) is 5.69 Å². The zero-order valence-corrected chi connectivity index (χ0v) is 11.0. The number of halogens is 1. The molecule has 5 heteroatoms. The summed E-state index contributed by atoms with van der Waals surface area (Å²) in [6.45, 7) is 3.59. The number of methoxy groups -OCH3 is 1. The van der Waals surface area contributed by atoms with Crippen molar-refractivity contribution in [3.8, 4) is 5.75 Å². The molecule has 0 fully saturated rings. The molecule has 0 saturated heterocycles. The minimum atomic E-state index is -0.546. The van der Waals surface area contributed by atoms with E-state index in [1.807, 2.05) is 0 Å². The van der Waals surface area contributed by atoms with Gasteiger partial charge in [0.05, 0.1) is 12.8 Å². The second-order valence-electron chi connectivity index (χ2n) is 4.56. The SMILES string of the molecule is COc1ccc(Cl)cc1NC(=O)CC(C)(C)N. The largest absolute Gasteiger partial charge is 0.495 e. The third-order valence-corrected chi connectivity index (χ3v) is 2.29. The zero-order chi connectivity index (χ0) is 13.1. The van der Waals surface area contributed by atoms with Crippen molar-refractivity contribution in [3.63, 3.8) is 0 Å². The number of rotatable bonds is 4. The standard InChI is InChI=1S/C12H17ClN2O2/c1-12(2,14)7-11(16)15-9-6-8(13)4-5-10(9)17-3/h4-6H,7,14H2,1-3H3,(H,15,16). The monoisotopic (exact) mass is 256 g/mol. The van der Waals surface area contributed by atoms with Gasteiger partial charge in [0, 0.05) is 17.0 Å². The van der Waals surface area contributed by atoms with Crippen molar-refractivity contribution in [2.24, 2.45) is 5.73 Å². The minimum Gasteiger partial charge on any atom is -0.495 e. The van der Waals surface area contributed by atoms with E-state index >= 15 is 0 Å². The van der Waals surface area contributed by atoms with Gasteiger partial charge in [-0.05, 0) is 32.0 Å². The van der Waals surface area contributed by atoms with Gasteiger partial charge in [0.15, 0.2) is 0 Å². The van der Waals surface area contributed by atoms with Crippen molar-refractivity contribution in [1.82, 2.24) is 0 Å². The molecule has 1 amide bonds. The Bertz CT molecular complexity index is 413.